The number of ether oxygens (including phenoxy) is 1. The SMILES string of the molecule is CCCCN1CCCCC1CNc1ccc([N+](=O)[O-])cc1S(=O)(=O)N1CCOCC1. The normalized spacial score (nSPS) is 21.4. The van der Waals surface area contributed by atoms with Crippen LogP contribution >= 0.6 is 0 Å². The number of benzene rings is 1. The standard InChI is InChI=1S/C20H32N4O5S/c1-2-3-9-22-10-5-4-6-18(22)16-21-19-8-7-17(24(25)26)15-20(19)30(27,28)23-11-13-29-14-12-23/h7-8,15,18,21H,2-6,9-14,16H2,1H3. The van der Waals surface area contributed by atoms with E-state index in [-0.39, 0.29) is 23.7 Å². The fourth-order valence-electron chi connectivity index (χ4n) is 4.08. The van der Waals surface area contributed by atoms with Crippen LogP contribution in [0.4, 0.5) is 11.4 Å². The monoisotopic (exact) mass is 440 g/mol. The maximum Gasteiger partial charge on any atom is 0.270 e. The zero-order valence-electron chi connectivity index (χ0n) is 17.6. The number of nitro groups is 1. The van der Waals surface area contributed by atoms with Crippen molar-refractivity contribution < 1.29 is 18.1 Å². The molecule has 1 N–H and O–H groups in total. The molecule has 2 aliphatic heterocycles. The molecule has 1 unspecified atom stereocenters. The van der Waals surface area contributed by atoms with Crippen molar-refractivity contribution in [3.05, 3.63) is 28.3 Å². The lowest BCUT2D eigenvalue weighted by atomic mass is 10.0. The van der Waals surface area contributed by atoms with Gasteiger partial charge in [0.15, 0.2) is 0 Å². The molecule has 0 saturated carbocycles. The van der Waals surface area contributed by atoms with Crippen molar-refractivity contribution in [3.63, 3.8) is 0 Å². The maximum absolute atomic E-state index is 13.2. The third kappa shape index (κ3) is 5.48. The van der Waals surface area contributed by atoms with Crippen molar-refractivity contribution in [3.8, 4) is 0 Å². The number of unbranched alkanes of at least 4 members (excludes halogenated alkanes) is 1. The first-order valence-electron chi connectivity index (χ1n) is 10.8. The Morgan fingerprint density at radius 3 is 2.70 bits per heavy atom. The van der Waals surface area contributed by atoms with Crippen LogP contribution in [0.2, 0.25) is 0 Å². The lowest BCUT2D eigenvalue weighted by Crippen LogP contribution is -2.44. The van der Waals surface area contributed by atoms with Crippen LogP contribution in [0.25, 0.3) is 0 Å². The number of non-ortho nitro benzene ring substituents is 1. The molecule has 0 bridgehead atoms. The minimum atomic E-state index is -3.86. The molecule has 168 valence electrons. The fraction of sp³-hybridized carbons (Fsp3) is 0.700. The Morgan fingerprint density at radius 1 is 1.23 bits per heavy atom. The summed E-state index contributed by atoms with van der Waals surface area (Å²) in [6, 6.07) is 4.38. The number of nitrogens with zero attached hydrogens (tertiary/aromatic N) is 3. The number of piperidine rings is 1. The van der Waals surface area contributed by atoms with Crippen LogP contribution in [0.1, 0.15) is 39.0 Å². The van der Waals surface area contributed by atoms with Gasteiger partial charge in [0, 0.05) is 37.8 Å². The van der Waals surface area contributed by atoms with Gasteiger partial charge in [0.1, 0.15) is 4.90 Å². The van der Waals surface area contributed by atoms with Gasteiger partial charge in [-0.3, -0.25) is 15.0 Å². The first-order valence-corrected chi connectivity index (χ1v) is 12.2. The van der Waals surface area contributed by atoms with E-state index < -0.39 is 14.9 Å². The number of morpholine rings is 1. The molecule has 0 radical (unpaired) electrons. The lowest BCUT2D eigenvalue weighted by Gasteiger charge is -2.36. The van der Waals surface area contributed by atoms with Crippen molar-refractivity contribution in [1.29, 1.82) is 0 Å². The molecule has 10 heteroatoms. The molecule has 2 saturated heterocycles. The molecule has 0 aliphatic carbocycles. The van der Waals surface area contributed by atoms with E-state index >= 15 is 0 Å². The van der Waals surface area contributed by atoms with Crippen molar-refractivity contribution >= 4 is 21.4 Å². The molecule has 2 heterocycles. The second kappa shape index (κ2) is 10.5. The number of likely N-dealkylation sites (tertiary alicyclic amines) is 1. The second-order valence-electron chi connectivity index (χ2n) is 7.87. The minimum Gasteiger partial charge on any atom is -0.382 e. The summed E-state index contributed by atoms with van der Waals surface area (Å²) >= 11 is 0. The number of nitrogens with one attached hydrogen (secondary N) is 1. The Kier molecular flexibility index (Phi) is 8.04. The first kappa shape index (κ1) is 22.9. The van der Waals surface area contributed by atoms with Gasteiger partial charge in [0.2, 0.25) is 10.0 Å². The van der Waals surface area contributed by atoms with Gasteiger partial charge in [0.25, 0.3) is 5.69 Å². The van der Waals surface area contributed by atoms with Crippen LogP contribution < -0.4 is 5.32 Å². The molecule has 1 atom stereocenters. The fourth-order valence-corrected chi connectivity index (χ4v) is 5.68. The third-order valence-corrected chi connectivity index (χ3v) is 7.78. The summed E-state index contributed by atoms with van der Waals surface area (Å²) < 4.78 is 33.1. The van der Waals surface area contributed by atoms with E-state index in [2.05, 4.69) is 17.1 Å². The van der Waals surface area contributed by atoms with Crippen LogP contribution in [0.15, 0.2) is 23.1 Å². The summed E-state index contributed by atoms with van der Waals surface area (Å²) in [7, 11) is -3.86. The Morgan fingerprint density at radius 2 is 2.00 bits per heavy atom. The van der Waals surface area contributed by atoms with Gasteiger partial charge < -0.3 is 10.1 Å². The maximum atomic E-state index is 13.2. The van der Waals surface area contributed by atoms with E-state index in [1.807, 2.05) is 0 Å². The van der Waals surface area contributed by atoms with Gasteiger partial charge in [-0.15, -0.1) is 0 Å². The van der Waals surface area contributed by atoms with E-state index in [0.29, 0.717) is 31.5 Å². The highest BCUT2D eigenvalue weighted by Crippen LogP contribution is 2.30. The number of nitro benzene ring substituents is 1. The van der Waals surface area contributed by atoms with Crippen molar-refractivity contribution in [2.75, 3.05) is 51.3 Å². The average Bonchev–Trinajstić information content (AvgIpc) is 2.77. The van der Waals surface area contributed by atoms with Gasteiger partial charge in [-0.25, -0.2) is 8.42 Å². The van der Waals surface area contributed by atoms with Gasteiger partial charge in [-0.05, 0) is 38.4 Å². The van der Waals surface area contributed by atoms with Crippen molar-refractivity contribution in [2.45, 2.75) is 50.0 Å². The molecule has 9 nitrogen and oxygen atoms in total. The van der Waals surface area contributed by atoms with E-state index in [9.17, 15) is 18.5 Å². The quantitative estimate of drug-likeness (QED) is 0.465. The number of sulfonamides is 1. The van der Waals surface area contributed by atoms with Crippen LogP contribution in [-0.2, 0) is 14.8 Å². The first-order chi connectivity index (χ1) is 14.4. The lowest BCUT2D eigenvalue weighted by molar-refractivity contribution is -0.385. The van der Waals surface area contributed by atoms with Gasteiger partial charge in [-0.1, -0.05) is 19.8 Å². The van der Waals surface area contributed by atoms with E-state index in [1.54, 1.807) is 0 Å². The summed E-state index contributed by atoms with van der Waals surface area (Å²) in [5, 5.41) is 14.6. The molecule has 2 fully saturated rings. The molecular formula is C20H32N4O5S. The van der Waals surface area contributed by atoms with Crippen molar-refractivity contribution in [2.24, 2.45) is 0 Å². The smallest absolute Gasteiger partial charge is 0.270 e. The predicted octanol–water partition coefficient (Wildman–Crippen LogP) is 2.68. The Hall–Kier alpha value is -1.75. The van der Waals surface area contributed by atoms with E-state index in [0.717, 1.165) is 38.8 Å². The van der Waals surface area contributed by atoms with Crippen LogP contribution in [0.5, 0.6) is 0 Å². The average molecular weight is 441 g/mol. The molecule has 30 heavy (non-hydrogen) atoms. The Balaban J connectivity index is 1.82. The zero-order chi connectivity index (χ0) is 21.6. The van der Waals surface area contributed by atoms with Crippen LogP contribution in [0, 0.1) is 10.1 Å². The molecule has 0 spiro atoms. The molecular weight excluding hydrogens is 408 g/mol. The Labute approximate surface area is 178 Å². The molecule has 0 amide bonds. The molecule has 0 aromatic heterocycles. The predicted molar refractivity (Wildman–Crippen MR) is 115 cm³/mol. The van der Waals surface area contributed by atoms with Crippen molar-refractivity contribution in [1.82, 2.24) is 9.21 Å². The summed E-state index contributed by atoms with van der Waals surface area (Å²) in [5.41, 5.74) is 0.197. The minimum absolute atomic E-state index is 0.0329. The van der Waals surface area contributed by atoms with E-state index in [4.69, 9.17) is 4.74 Å². The van der Waals surface area contributed by atoms with Gasteiger partial charge >= 0.3 is 0 Å². The largest absolute Gasteiger partial charge is 0.382 e. The molecule has 1 aromatic carbocycles. The molecule has 3 rings (SSSR count). The number of rotatable bonds is 9. The number of hydrogen-bond acceptors (Lipinski definition) is 7. The summed E-state index contributed by atoms with van der Waals surface area (Å²) in [6.07, 6.45) is 5.70. The zero-order valence-corrected chi connectivity index (χ0v) is 18.4. The highest BCUT2D eigenvalue weighted by Gasteiger charge is 2.31. The van der Waals surface area contributed by atoms with Gasteiger partial charge in [-0.2, -0.15) is 4.31 Å². The highest BCUT2D eigenvalue weighted by molar-refractivity contribution is 7.89. The second-order valence-corrected chi connectivity index (χ2v) is 9.78. The van der Waals surface area contributed by atoms with Crippen LogP contribution in [0.3, 0.4) is 0 Å². The number of hydrogen-bond donors (Lipinski definition) is 1. The summed E-state index contributed by atoms with van der Waals surface area (Å²) in [5.74, 6) is 0. The summed E-state index contributed by atoms with van der Waals surface area (Å²) in [6.45, 7) is 6.05. The number of anilines is 1. The Bertz CT molecular complexity index is 826. The van der Waals surface area contributed by atoms with Gasteiger partial charge in [0.05, 0.1) is 23.8 Å². The molecule has 2 aliphatic rings. The van der Waals surface area contributed by atoms with Crippen LogP contribution in [-0.4, -0.2) is 74.5 Å². The third-order valence-electron chi connectivity index (χ3n) is 5.84. The molecule has 1 aromatic rings. The summed E-state index contributed by atoms with van der Waals surface area (Å²) in [4.78, 5) is 13.1. The highest BCUT2D eigenvalue weighted by atomic mass is 32.2. The topological polar surface area (TPSA) is 105 Å². The van der Waals surface area contributed by atoms with E-state index in [1.165, 1.54) is 28.9 Å².